The average molecular weight is 589 g/mol. The number of nitrogens with one attached hydrogen (secondary N) is 2. The van der Waals surface area contributed by atoms with Crippen LogP contribution in [0.25, 0.3) is 21.4 Å². The van der Waals surface area contributed by atoms with Gasteiger partial charge in [-0.25, -0.2) is 29.1 Å². The largest absolute Gasteiger partial charge is 0.444 e. The number of para-hydroxylation sites is 2. The topological polar surface area (TPSA) is 122 Å². The Morgan fingerprint density at radius 1 is 1.10 bits per heavy atom. The number of rotatable bonds is 7. The van der Waals surface area contributed by atoms with E-state index in [0.29, 0.717) is 29.9 Å². The zero-order valence-corrected chi connectivity index (χ0v) is 24.6. The molecule has 1 fully saturated rings. The number of ether oxygens (including phenoxy) is 1. The molecule has 218 valence electrons. The SMILES string of the molecule is CC(C)(C)OC(=O)N1C(Cc2nc3ccccc3[nH]2)CCCC1Cc1nc2c(NCc3ncccc3F)ncnc2s1. The van der Waals surface area contributed by atoms with Crippen molar-refractivity contribution in [2.24, 2.45) is 0 Å². The van der Waals surface area contributed by atoms with Gasteiger partial charge < -0.3 is 19.9 Å². The minimum atomic E-state index is -0.623. The molecule has 0 spiro atoms. The van der Waals surface area contributed by atoms with E-state index < -0.39 is 5.60 Å². The molecule has 1 aromatic carbocycles. The summed E-state index contributed by atoms with van der Waals surface area (Å²) in [5.74, 6) is 0.986. The van der Waals surface area contributed by atoms with Crippen LogP contribution in [0.5, 0.6) is 0 Å². The van der Waals surface area contributed by atoms with Crippen LogP contribution in [0.1, 0.15) is 56.6 Å². The number of piperidine rings is 1. The van der Waals surface area contributed by atoms with E-state index in [1.165, 1.54) is 23.7 Å². The van der Waals surface area contributed by atoms with Crippen molar-refractivity contribution in [3.63, 3.8) is 0 Å². The summed E-state index contributed by atoms with van der Waals surface area (Å²) in [6.07, 6.45) is 6.53. The number of nitrogens with zero attached hydrogens (tertiary/aromatic N) is 6. The number of carbonyl (C=O) groups is 1. The molecule has 1 aliphatic heterocycles. The maximum atomic E-state index is 14.1. The number of amides is 1. The van der Waals surface area contributed by atoms with Crippen molar-refractivity contribution in [1.82, 2.24) is 34.8 Å². The molecule has 42 heavy (non-hydrogen) atoms. The Labute approximate surface area is 246 Å². The molecule has 0 aliphatic carbocycles. The Hall–Kier alpha value is -4.19. The first-order valence-corrected chi connectivity index (χ1v) is 14.9. The molecule has 2 N–H and O–H groups in total. The number of halogens is 1. The van der Waals surface area contributed by atoms with Crippen molar-refractivity contribution < 1.29 is 13.9 Å². The molecule has 10 nitrogen and oxygen atoms in total. The number of carbonyl (C=O) groups excluding carboxylic acids is 1. The van der Waals surface area contributed by atoms with Gasteiger partial charge in [0.15, 0.2) is 5.82 Å². The molecule has 1 aliphatic rings. The lowest BCUT2D eigenvalue weighted by atomic mass is 9.92. The molecule has 1 amide bonds. The Balaban J connectivity index is 1.24. The van der Waals surface area contributed by atoms with Crippen LogP contribution in [0.15, 0.2) is 48.9 Å². The van der Waals surface area contributed by atoms with Crippen LogP contribution in [0.3, 0.4) is 0 Å². The van der Waals surface area contributed by atoms with Gasteiger partial charge in [0.1, 0.15) is 33.9 Å². The predicted molar refractivity (Wildman–Crippen MR) is 160 cm³/mol. The van der Waals surface area contributed by atoms with Gasteiger partial charge in [-0.3, -0.25) is 4.98 Å². The second-order valence-electron chi connectivity index (χ2n) is 11.5. The molecule has 5 aromatic rings. The van der Waals surface area contributed by atoms with E-state index >= 15 is 0 Å². The standard InChI is InChI=1S/C30H33FN8O2S/c1-30(2,3)41-29(40)39-18(14-24-36-21-11-4-5-12-22(21)37-24)8-6-9-19(39)15-25-38-26-27(34-17-35-28(26)42-25)33-16-23-20(31)10-7-13-32-23/h4-5,7,10-13,17-19H,6,8-9,14-16H2,1-3H3,(H,36,37)(H,33,34,35). The van der Waals surface area contributed by atoms with Gasteiger partial charge in [0.25, 0.3) is 0 Å². The van der Waals surface area contributed by atoms with E-state index in [1.54, 1.807) is 12.3 Å². The highest BCUT2D eigenvalue weighted by Crippen LogP contribution is 2.32. The molecule has 1 saturated heterocycles. The van der Waals surface area contributed by atoms with E-state index in [2.05, 4.69) is 25.3 Å². The Kier molecular flexibility index (Phi) is 7.72. The zero-order chi connectivity index (χ0) is 29.3. The summed E-state index contributed by atoms with van der Waals surface area (Å²) in [7, 11) is 0. The first kappa shape index (κ1) is 28.0. The van der Waals surface area contributed by atoms with Crippen molar-refractivity contribution in [2.45, 2.75) is 77.1 Å². The van der Waals surface area contributed by atoms with Crippen LogP contribution < -0.4 is 5.32 Å². The molecule has 2 unspecified atom stereocenters. The second-order valence-corrected chi connectivity index (χ2v) is 12.6. The number of anilines is 1. The number of likely N-dealkylation sites (tertiary alicyclic amines) is 1. The molecule has 4 aromatic heterocycles. The van der Waals surface area contributed by atoms with E-state index in [1.807, 2.05) is 49.9 Å². The molecule has 5 heterocycles. The van der Waals surface area contributed by atoms with Crippen LogP contribution in [0.2, 0.25) is 0 Å². The number of aromatic nitrogens is 6. The van der Waals surface area contributed by atoms with Crippen molar-refractivity contribution in [2.75, 3.05) is 5.32 Å². The highest BCUT2D eigenvalue weighted by molar-refractivity contribution is 7.18. The second kappa shape index (κ2) is 11.6. The number of thiazole rings is 1. The van der Waals surface area contributed by atoms with Gasteiger partial charge >= 0.3 is 6.09 Å². The van der Waals surface area contributed by atoms with Gasteiger partial charge in [-0.1, -0.05) is 23.5 Å². The monoisotopic (exact) mass is 588 g/mol. The number of fused-ring (bicyclic) bond motifs is 2. The molecule has 0 radical (unpaired) electrons. The quantitative estimate of drug-likeness (QED) is 0.236. The van der Waals surface area contributed by atoms with E-state index in [-0.39, 0.29) is 30.5 Å². The molecular formula is C30H33FN8O2S. The lowest BCUT2D eigenvalue weighted by Crippen LogP contribution is -2.53. The summed E-state index contributed by atoms with van der Waals surface area (Å²) in [5, 5.41) is 4.00. The predicted octanol–water partition coefficient (Wildman–Crippen LogP) is 6.05. The number of pyridine rings is 1. The first-order chi connectivity index (χ1) is 20.2. The third kappa shape index (κ3) is 6.18. The van der Waals surface area contributed by atoms with Crippen LogP contribution in [-0.2, 0) is 24.1 Å². The number of aromatic amines is 1. The average Bonchev–Trinajstić information content (AvgIpc) is 3.55. The lowest BCUT2D eigenvalue weighted by Gasteiger charge is -2.42. The van der Waals surface area contributed by atoms with Crippen molar-refractivity contribution in [1.29, 1.82) is 0 Å². The highest BCUT2D eigenvalue weighted by atomic mass is 32.1. The van der Waals surface area contributed by atoms with Gasteiger partial charge in [0.05, 0.1) is 28.3 Å². The summed E-state index contributed by atoms with van der Waals surface area (Å²) in [6, 6.07) is 10.7. The van der Waals surface area contributed by atoms with Crippen molar-refractivity contribution in [3.8, 4) is 0 Å². The maximum Gasteiger partial charge on any atom is 0.410 e. The fourth-order valence-corrected chi connectivity index (χ4v) is 6.41. The normalized spacial score (nSPS) is 17.6. The van der Waals surface area contributed by atoms with Crippen LogP contribution in [0, 0.1) is 5.82 Å². The van der Waals surface area contributed by atoms with Gasteiger partial charge in [-0.15, -0.1) is 0 Å². The number of imidazole rings is 1. The smallest absolute Gasteiger partial charge is 0.410 e. The number of hydrogen-bond donors (Lipinski definition) is 2. The van der Waals surface area contributed by atoms with Gasteiger partial charge in [0.2, 0.25) is 0 Å². The van der Waals surface area contributed by atoms with E-state index in [0.717, 1.165) is 46.0 Å². The minimum Gasteiger partial charge on any atom is -0.444 e. The van der Waals surface area contributed by atoms with E-state index in [4.69, 9.17) is 14.7 Å². The van der Waals surface area contributed by atoms with E-state index in [9.17, 15) is 9.18 Å². The van der Waals surface area contributed by atoms with Crippen LogP contribution in [-0.4, -0.2) is 58.6 Å². The van der Waals surface area contributed by atoms with Gasteiger partial charge in [-0.05, 0) is 64.3 Å². The molecule has 0 saturated carbocycles. The number of hydrogen-bond acceptors (Lipinski definition) is 9. The van der Waals surface area contributed by atoms with Gasteiger partial charge in [0, 0.05) is 31.1 Å². The summed E-state index contributed by atoms with van der Waals surface area (Å²) >= 11 is 1.48. The van der Waals surface area contributed by atoms with Crippen molar-refractivity contribution in [3.05, 3.63) is 71.3 Å². The Bertz CT molecular complexity index is 1680. The summed E-state index contributed by atoms with van der Waals surface area (Å²) in [6.45, 7) is 5.82. The molecule has 6 rings (SSSR count). The summed E-state index contributed by atoms with van der Waals surface area (Å²) in [4.78, 5) is 42.2. The maximum absolute atomic E-state index is 14.1. The van der Waals surface area contributed by atoms with Crippen LogP contribution >= 0.6 is 11.3 Å². The summed E-state index contributed by atoms with van der Waals surface area (Å²) in [5.41, 5.74) is 2.18. The summed E-state index contributed by atoms with van der Waals surface area (Å²) < 4.78 is 20.0. The molecular weight excluding hydrogens is 555 g/mol. The third-order valence-electron chi connectivity index (χ3n) is 7.24. The molecule has 2 atom stereocenters. The first-order valence-electron chi connectivity index (χ1n) is 14.1. The third-order valence-corrected chi connectivity index (χ3v) is 8.23. The highest BCUT2D eigenvalue weighted by Gasteiger charge is 2.38. The number of benzene rings is 1. The van der Waals surface area contributed by atoms with Crippen LogP contribution in [0.4, 0.5) is 15.0 Å². The molecule has 12 heteroatoms. The fourth-order valence-electron chi connectivity index (χ4n) is 5.44. The number of H-pyrrole nitrogens is 1. The Morgan fingerprint density at radius 2 is 1.90 bits per heavy atom. The lowest BCUT2D eigenvalue weighted by molar-refractivity contribution is -0.00556. The Morgan fingerprint density at radius 3 is 2.69 bits per heavy atom. The van der Waals surface area contributed by atoms with Crippen molar-refractivity contribution >= 4 is 44.6 Å². The fraction of sp³-hybridized carbons (Fsp3) is 0.400. The van der Waals surface area contributed by atoms with Gasteiger partial charge in [-0.2, -0.15) is 0 Å². The molecule has 0 bridgehead atoms. The minimum absolute atomic E-state index is 0.0705. The zero-order valence-electron chi connectivity index (χ0n) is 23.8.